The third kappa shape index (κ3) is 9.42. The first-order valence-electron chi connectivity index (χ1n) is 14.9. The van der Waals surface area contributed by atoms with E-state index in [0.29, 0.717) is 10.8 Å². The zero-order valence-electron chi connectivity index (χ0n) is 25.9. The van der Waals surface area contributed by atoms with E-state index in [1.54, 1.807) is 48.4 Å². The highest BCUT2D eigenvalue weighted by atomic mass is 32.2. The van der Waals surface area contributed by atoms with Crippen LogP contribution in [0.5, 0.6) is 0 Å². The second kappa shape index (κ2) is 16.1. The van der Waals surface area contributed by atoms with Crippen molar-refractivity contribution < 1.29 is 23.1 Å². The molecular weight excluding hydrogens is 657 g/mol. The number of nitrogens with zero attached hydrogens (tertiary/aromatic N) is 4. The maximum absolute atomic E-state index is 14.3. The molecule has 0 saturated carbocycles. The van der Waals surface area contributed by atoms with Crippen molar-refractivity contribution in [3.8, 4) is 11.3 Å². The predicted octanol–water partition coefficient (Wildman–Crippen LogP) is 5.95. The van der Waals surface area contributed by atoms with E-state index in [1.165, 1.54) is 27.0 Å². The lowest BCUT2D eigenvalue weighted by Crippen LogP contribution is -2.52. The second-order valence-electron chi connectivity index (χ2n) is 11.1. The van der Waals surface area contributed by atoms with Crippen LogP contribution in [0.4, 0.5) is 15.6 Å². The van der Waals surface area contributed by atoms with Crippen molar-refractivity contribution in [3.63, 3.8) is 0 Å². The van der Waals surface area contributed by atoms with Crippen LogP contribution in [0.2, 0.25) is 0 Å². The topological polar surface area (TPSA) is 147 Å². The number of aliphatic hydroxyl groups is 1. The number of sulfonamides is 1. The number of ether oxygens (including phenoxy) is 1. The summed E-state index contributed by atoms with van der Waals surface area (Å²) in [6.45, 7) is 3.85. The standard InChI is InChI=1S/C33H36N6O5S3/c1-23(2)19-39(30(16-24-6-4-3-5-7-24)31(40)18-36-33(41)44-20-27-17-35-22-46-27)47(42,43)28-10-8-25(9-11-28)29-21-45-32(38-29)37-26-12-14-34-15-13-26/h3-15,17,21-23,30-31,40H,16,18-20H2,1-2H3,(H,36,41)(H,34,37,38). The van der Waals surface area contributed by atoms with Crippen LogP contribution in [-0.4, -0.2) is 64.1 Å². The highest BCUT2D eigenvalue weighted by Crippen LogP contribution is 2.30. The molecule has 3 heterocycles. The molecule has 2 atom stereocenters. The minimum atomic E-state index is -4.09. The summed E-state index contributed by atoms with van der Waals surface area (Å²) in [5.74, 6) is -0.0480. The number of nitrogens with one attached hydrogen (secondary N) is 2. The fourth-order valence-electron chi connectivity index (χ4n) is 4.84. The van der Waals surface area contributed by atoms with Gasteiger partial charge in [0.15, 0.2) is 5.13 Å². The largest absolute Gasteiger partial charge is 0.444 e. The molecule has 0 radical (unpaired) electrons. The zero-order valence-corrected chi connectivity index (χ0v) is 28.3. The van der Waals surface area contributed by atoms with Gasteiger partial charge in [0.05, 0.1) is 33.1 Å². The summed E-state index contributed by atoms with van der Waals surface area (Å²) in [6.07, 6.45) is 3.27. The minimum absolute atomic E-state index is 0.0480. The molecule has 0 fully saturated rings. The summed E-state index contributed by atoms with van der Waals surface area (Å²) in [6, 6.07) is 18.8. The van der Waals surface area contributed by atoms with Crippen molar-refractivity contribution in [2.45, 2.75) is 43.9 Å². The van der Waals surface area contributed by atoms with Crippen LogP contribution < -0.4 is 10.6 Å². The molecule has 0 aliphatic carbocycles. The van der Waals surface area contributed by atoms with Gasteiger partial charge in [-0.25, -0.2) is 18.2 Å². The van der Waals surface area contributed by atoms with Crippen LogP contribution in [0.1, 0.15) is 24.3 Å². The Kier molecular flexibility index (Phi) is 11.7. The van der Waals surface area contributed by atoms with Crippen molar-refractivity contribution in [1.29, 1.82) is 0 Å². The molecule has 5 rings (SSSR count). The summed E-state index contributed by atoms with van der Waals surface area (Å²) < 4.78 is 35.2. The first-order valence-corrected chi connectivity index (χ1v) is 18.1. The number of carbonyl (C=O) groups is 1. The van der Waals surface area contributed by atoms with Gasteiger partial charge in [-0.3, -0.25) is 9.97 Å². The number of benzene rings is 2. The van der Waals surface area contributed by atoms with Gasteiger partial charge in [-0.2, -0.15) is 4.31 Å². The van der Waals surface area contributed by atoms with E-state index in [4.69, 9.17) is 4.74 Å². The maximum atomic E-state index is 14.3. The van der Waals surface area contributed by atoms with E-state index in [2.05, 4.69) is 25.6 Å². The summed E-state index contributed by atoms with van der Waals surface area (Å²) >= 11 is 2.80. The molecule has 0 spiro atoms. The van der Waals surface area contributed by atoms with Crippen LogP contribution >= 0.6 is 22.7 Å². The number of aliphatic hydroxyl groups excluding tert-OH is 1. The molecule has 246 valence electrons. The van der Waals surface area contributed by atoms with Gasteiger partial charge in [0.25, 0.3) is 0 Å². The summed E-state index contributed by atoms with van der Waals surface area (Å²) in [7, 11) is -4.09. The molecule has 47 heavy (non-hydrogen) atoms. The monoisotopic (exact) mass is 692 g/mol. The predicted molar refractivity (Wildman–Crippen MR) is 184 cm³/mol. The molecule has 0 aliphatic heterocycles. The van der Waals surface area contributed by atoms with E-state index in [-0.39, 0.29) is 36.9 Å². The normalized spacial score (nSPS) is 13.0. The van der Waals surface area contributed by atoms with Gasteiger partial charge < -0.3 is 20.5 Å². The van der Waals surface area contributed by atoms with Crippen molar-refractivity contribution in [2.75, 3.05) is 18.4 Å². The minimum Gasteiger partial charge on any atom is -0.444 e. The summed E-state index contributed by atoms with van der Waals surface area (Å²) in [5.41, 5.74) is 4.83. The Hall–Kier alpha value is -4.21. The number of hydrogen-bond acceptors (Lipinski definition) is 11. The molecule has 0 aliphatic rings. The highest BCUT2D eigenvalue weighted by molar-refractivity contribution is 7.89. The molecule has 0 saturated heterocycles. The summed E-state index contributed by atoms with van der Waals surface area (Å²) in [4.78, 5) is 25.9. The number of thiazole rings is 2. The Morgan fingerprint density at radius 2 is 1.74 bits per heavy atom. The number of pyridine rings is 1. The lowest BCUT2D eigenvalue weighted by molar-refractivity contribution is 0.0786. The van der Waals surface area contributed by atoms with Gasteiger partial charge >= 0.3 is 6.09 Å². The molecule has 1 amide bonds. The Labute approximate surface area is 282 Å². The second-order valence-corrected chi connectivity index (χ2v) is 14.9. The molecule has 2 unspecified atom stereocenters. The van der Waals surface area contributed by atoms with E-state index >= 15 is 0 Å². The number of amides is 1. The first kappa shape index (κ1) is 34.1. The summed E-state index contributed by atoms with van der Waals surface area (Å²) in [5, 5.41) is 19.9. The third-order valence-corrected chi connectivity index (χ3v) is 10.5. The van der Waals surface area contributed by atoms with Crippen LogP contribution in [-0.2, 0) is 27.8 Å². The van der Waals surface area contributed by atoms with Gasteiger partial charge in [-0.15, -0.1) is 22.7 Å². The van der Waals surface area contributed by atoms with E-state index in [1.807, 2.05) is 61.7 Å². The smallest absolute Gasteiger partial charge is 0.407 e. The average Bonchev–Trinajstić information content (AvgIpc) is 3.78. The van der Waals surface area contributed by atoms with Gasteiger partial charge in [0.2, 0.25) is 10.0 Å². The Bertz CT molecular complexity index is 1800. The number of rotatable bonds is 15. The van der Waals surface area contributed by atoms with Crippen molar-refractivity contribution >= 4 is 49.6 Å². The van der Waals surface area contributed by atoms with Gasteiger partial charge in [0, 0.05) is 48.3 Å². The van der Waals surface area contributed by atoms with Crippen molar-refractivity contribution in [2.24, 2.45) is 5.92 Å². The number of aromatic nitrogens is 3. The molecule has 5 aromatic rings. The molecule has 0 bridgehead atoms. The van der Waals surface area contributed by atoms with Gasteiger partial charge in [-0.05, 0) is 42.2 Å². The number of carbonyl (C=O) groups excluding carboxylic acids is 1. The number of alkyl carbamates (subject to hydrolysis) is 1. The molecular formula is C33H36N6O5S3. The quantitative estimate of drug-likeness (QED) is 0.121. The Balaban J connectivity index is 1.35. The van der Waals surface area contributed by atoms with Gasteiger partial charge in [0.1, 0.15) is 6.61 Å². The van der Waals surface area contributed by atoms with E-state index < -0.39 is 28.3 Å². The van der Waals surface area contributed by atoms with Crippen LogP contribution in [0.15, 0.2) is 101 Å². The van der Waals surface area contributed by atoms with Crippen LogP contribution in [0, 0.1) is 5.92 Å². The Morgan fingerprint density at radius 3 is 2.43 bits per heavy atom. The average molecular weight is 693 g/mol. The maximum Gasteiger partial charge on any atom is 0.407 e. The number of hydrogen-bond donors (Lipinski definition) is 3. The van der Waals surface area contributed by atoms with Crippen LogP contribution in [0.3, 0.4) is 0 Å². The molecule has 3 N–H and O–H groups in total. The molecule has 2 aromatic carbocycles. The Morgan fingerprint density at radius 1 is 1.00 bits per heavy atom. The van der Waals surface area contributed by atoms with E-state index in [0.717, 1.165) is 21.7 Å². The van der Waals surface area contributed by atoms with Gasteiger partial charge in [-0.1, -0.05) is 56.3 Å². The van der Waals surface area contributed by atoms with Crippen molar-refractivity contribution in [3.05, 3.63) is 107 Å². The van der Waals surface area contributed by atoms with E-state index in [9.17, 15) is 18.3 Å². The number of anilines is 2. The molecule has 11 nitrogen and oxygen atoms in total. The highest BCUT2D eigenvalue weighted by Gasteiger charge is 2.36. The fourth-order valence-corrected chi connectivity index (χ4v) is 7.90. The molecule has 3 aromatic heterocycles. The fraction of sp³-hybridized carbons (Fsp3) is 0.273. The zero-order chi connectivity index (χ0) is 33.2. The van der Waals surface area contributed by atoms with Crippen molar-refractivity contribution in [1.82, 2.24) is 24.6 Å². The molecule has 14 heteroatoms. The third-order valence-electron chi connectivity index (χ3n) is 7.12. The SMILES string of the molecule is CC(C)CN(C(Cc1ccccc1)C(O)CNC(=O)OCc1cncs1)S(=O)(=O)c1ccc(-c2csc(Nc3ccncc3)n2)cc1. The lowest BCUT2D eigenvalue weighted by Gasteiger charge is -2.35. The lowest BCUT2D eigenvalue weighted by atomic mass is 10.0. The first-order chi connectivity index (χ1) is 22.7. The van der Waals surface area contributed by atoms with Crippen LogP contribution in [0.25, 0.3) is 11.3 Å².